The molecule has 1 amide bonds. The van der Waals surface area contributed by atoms with Gasteiger partial charge in [0.05, 0.1) is 6.61 Å². The first-order valence-electron chi connectivity index (χ1n) is 7.04. The van der Waals surface area contributed by atoms with Crippen LogP contribution in [0, 0.1) is 0 Å². The first-order chi connectivity index (χ1) is 9.29. The molecule has 0 spiro atoms. The van der Waals surface area contributed by atoms with E-state index < -0.39 is 0 Å². The lowest BCUT2D eigenvalue weighted by Gasteiger charge is -2.28. The SMILES string of the molecule is CCOC(=O)NCc1ccc(N2CCCCC2)cc1. The van der Waals surface area contributed by atoms with Gasteiger partial charge in [-0.2, -0.15) is 0 Å². The number of alkyl carbamates (subject to hydrolysis) is 1. The third-order valence-electron chi connectivity index (χ3n) is 3.37. The number of nitrogens with one attached hydrogen (secondary N) is 1. The maximum Gasteiger partial charge on any atom is 0.407 e. The van der Waals surface area contributed by atoms with Gasteiger partial charge in [-0.1, -0.05) is 12.1 Å². The molecule has 1 aromatic rings. The van der Waals surface area contributed by atoms with E-state index in [1.807, 2.05) is 0 Å². The molecule has 0 aliphatic carbocycles. The first-order valence-corrected chi connectivity index (χ1v) is 7.04. The number of hydrogen-bond donors (Lipinski definition) is 1. The third kappa shape index (κ3) is 4.16. The average molecular weight is 262 g/mol. The minimum absolute atomic E-state index is 0.359. The molecular weight excluding hydrogens is 240 g/mol. The van der Waals surface area contributed by atoms with Gasteiger partial charge < -0.3 is 15.0 Å². The number of anilines is 1. The summed E-state index contributed by atoms with van der Waals surface area (Å²) in [6.45, 7) is 5.02. The summed E-state index contributed by atoms with van der Waals surface area (Å²) in [5, 5.41) is 2.72. The first kappa shape index (κ1) is 13.7. The standard InChI is InChI=1S/C15H22N2O2/c1-2-19-15(18)16-12-13-6-8-14(9-7-13)17-10-4-3-5-11-17/h6-9H,2-5,10-12H2,1H3,(H,16,18). The van der Waals surface area contributed by atoms with E-state index in [9.17, 15) is 4.79 Å². The normalized spacial score (nSPS) is 15.1. The molecule has 0 radical (unpaired) electrons. The van der Waals surface area contributed by atoms with Crippen molar-refractivity contribution in [1.82, 2.24) is 5.32 Å². The number of carbonyl (C=O) groups is 1. The minimum atomic E-state index is -0.359. The molecule has 1 fully saturated rings. The Balaban J connectivity index is 1.85. The minimum Gasteiger partial charge on any atom is -0.450 e. The van der Waals surface area contributed by atoms with E-state index in [-0.39, 0.29) is 6.09 Å². The van der Waals surface area contributed by atoms with Gasteiger partial charge >= 0.3 is 6.09 Å². The summed E-state index contributed by atoms with van der Waals surface area (Å²) in [7, 11) is 0. The van der Waals surface area contributed by atoms with E-state index in [0.717, 1.165) is 18.7 Å². The van der Waals surface area contributed by atoms with Gasteiger partial charge in [0, 0.05) is 25.3 Å². The van der Waals surface area contributed by atoms with Crippen molar-refractivity contribution in [3.05, 3.63) is 29.8 Å². The number of ether oxygens (including phenoxy) is 1. The maximum atomic E-state index is 11.2. The molecule has 1 aromatic carbocycles. The van der Waals surface area contributed by atoms with Crippen molar-refractivity contribution in [2.45, 2.75) is 32.7 Å². The van der Waals surface area contributed by atoms with Crippen molar-refractivity contribution in [2.75, 3.05) is 24.6 Å². The highest BCUT2D eigenvalue weighted by Crippen LogP contribution is 2.20. The predicted molar refractivity (Wildman–Crippen MR) is 76.4 cm³/mol. The molecule has 0 atom stereocenters. The molecule has 0 saturated carbocycles. The van der Waals surface area contributed by atoms with Crippen LogP contribution in [0.25, 0.3) is 0 Å². The van der Waals surface area contributed by atoms with Crippen molar-refractivity contribution >= 4 is 11.8 Å². The van der Waals surface area contributed by atoms with Crippen molar-refractivity contribution in [2.24, 2.45) is 0 Å². The Bertz CT molecular complexity index is 397. The second kappa shape index (κ2) is 7.02. The number of carbonyl (C=O) groups excluding carboxylic acids is 1. The molecule has 104 valence electrons. The van der Waals surface area contributed by atoms with Crippen LogP contribution in [0.4, 0.5) is 10.5 Å². The van der Waals surface area contributed by atoms with Crippen LogP contribution in [-0.2, 0) is 11.3 Å². The lowest BCUT2D eigenvalue weighted by Crippen LogP contribution is -2.29. The molecule has 1 aliphatic heterocycles. The van der Waals surface area contributed by atoms with Crippen molar-refractivity contribution < 1.29 is 9.53 Å². The van der Waals surface area contributed by atoms with Crippen LogP contribution in [0.5, 0.6) is 0 Å². The molecule has 4 heteroatoms. The maximum absolute atomic E-state index is 11.2. The zero-order valence-corrected chi connectivity index (χ0v) is 11.5. The van der Waals surface area contributed by atoms with E-state index in [1.165, 1.54) is 24.9 Å². The van der Waals surface area contributed by atoms with Crippen LogP contribution < -0.4 is 10.2 Å². The summed E-state index contributed by atoms with van der Waals surface area (Å²) in [5.74, 6) is 0. The van der Waals surface area contributed by atoms with Gasteiger partial charge in [-0.3, -0.25) is 0 Å². The molecule has 2 rings (SSSR count). The highest BCUT2D eigenvalue weighted by Gasteiger charge is 2.10. The summed E-state index contributed by atoms with van der Waals surface area (Å²) in [6.07, 6.45) is 3.55. The van der Waals surface area contributed by atoms with E-state index in [1.54, 1.807) is 6.92 Å². The number of benzene rings is 1. The number of rotatable bonds is 4. The van der Waals surface area contributed by atoms with E-state index >= 15 is 0 Å². The third-order valence-corrected chi connectivity index (χ3v) is 3.37. The van der Waals surface area contributed by atoms with Crippen molar-refractivity contribution in [3.63, 3.8) is 0 Å². The van der Waals surface area contributed by atoms with Gasteiger partial charge in [-0.25, -0.2) is 4.79 Å². The van der Waals surface area contributed by atoms with Crippen molar-refractivity contribution in [3.8, 4) is 0 Å². The Hall–Kier alpha value is -1.71. The van der Waals surface area contributed by atoms with Crippen LogP contribution in [-0.4, -0.2) is 25.8 Å². The van der Waals surface area contributed by atoms with E-state index in [4.69, 9.17) is 4.74 Å². The van der Waals surface area contributed by atoms with Crippen LogP contribution in [0.3, 0.4) is 0 Å². The Labute approximate surface area is 114 Å². The lowest BCUT2D eigenvalue weighted by atomic mass is 10.1. The topological polar surface area (TPSA) is 41.6 Å². The highest BCUT2D eigenvalue weighted by molar-refractivity contribution is 5.67. The van der Waals surface area contributed by atoms with Gasteiger partial charge in [0.1, 0.15) is 0 Å². The van der Waals surface area contributed by atoms with E-state index in [0.29, 0.717) is 13.2 Å². The van der Waals surface area contributed by atoms with Crippen LogP contribution in [0.15, 0.2) is 24.3 Å². The Morgan fingerprint density at radius 3 is 2.53 bits per heavy atom. The monoisotopic (exact) mass is 262 g/mol. The zero-order valence-electron chi connectivity index (χ0n) is 11.5. The van der Waals surface area contributed by atoms with Gasteiger partial charge in [0.25, 0.3) is 0 Å². The van der Waals surface area contributed by atoms with Gasteiger partial charge in [-0.05, 0) is 43.9 Å². The molecule has 1 N–H and O–H groups in total. The van der Waals surface area contributed by atoms with Gasteiger partial charge in [-0.15, -0.1) is 0 Å². The number of amides is 1. The van der Waals surface area contributed by atoms with Gasteiger partial charge in [0.15, 0.2) is 0 Å². The van der Waals surface area contributed by atoms with Crippen LogP contribution in [0.2, 0.25) is 0 Å². The summed E-state index contributed by atoms with van der Waals surface area (Å²) in [5.41, 5.74) is 2.37. The average Bonchev–Trinajstić information content (AvgIpc) is 2.47. The molecular formula is C15H22N2O2. The molecule has 0 unspecified atom stereocenters. The molecule has 1 aliphatic rings. The second-order valence-electron chi connectivity index (χ2n) is 4.79. The highest BCUT2D eigenvalue weighted by atomic mass is 16.5. The smallest absolute Gasteiger partial charge is 0.407 e. The van der Waals surface area contributed by atoms with Gasteiger partial charge in [0.2, 0.25) is 0 Å². The largest absolute Gasteiger partial charge is 0.450 e. The predicted octanol–water partition coefficient (Wildman–Crippen LogP) is 2.92. The summed E-state index contributed by atoms with van der Waals surface area (Å²) >= 11 is 0. The molecule has 1 heterocycles. The lowest BCUT2D eigenvalue weighted by molar-refractivity contribution is 0.151. The number of nitrogens with zero attached hydrogens (tertiary/aromatic N) is 1. The van der Waals surface area contributed by atoms with E-state index in [2.05, 4.69) is 34.5 Å². The Kier molecular flexibility index (Phi) is 5.07. The molecule has 0 aromatic heterocycles. The molecule has 0 bridgehead atoms. The fourth-order valence-corrected chi connectivity index (χ4v) is 2.33. The quantitative estimate of drug-likeness (QED) is 0.907. The summed E-state index contributed by atoms with van der Waals surface area (Å²) in [4.78, 5) is 13.6. The molecule has 1 saturated heterocycles. The summed E-state index contributed by atoms with van der Waals surface area (Å²) < 4.78 is 4.82. The van der Waals surface area contributed by atoms with Crippen LogP contribution in [0.1, 0.15) is 31.7 Å². The number of hydrogen-bond acceptors (Lipinski definition) is 3. The Morgan fingerprint density at radius 2 is 1.89 bits per heavy atom. The fourth-order valence-electron chi connectivity index (χ4n) is 2.33. The van der Waals surface area contributed by atoms with Crippen molar-refractivity contribution in [1.29, 1.82) is 0 Å². The summed E-state index contributed by atoms with van der Waals surface area (Å²) in [6, 6.07) is 8.40. The number of piperidine rings is 1. The Morgan fingerprint density at radius 1 is 1.21 bits per heavy atom. The molecule has 4 nitrogen and oxygen atoms in total. The van der Waals surface area contributed by atoms with Crippen LogP contribution >= 0.6 is 0 Å². The fraction of sp³-hybridized carbons (Fsp3) is 0.533. The zero-order chi connectivity index (χ0) is 13.5. The molecule has 19 heavy (non-hydrogen) atoms. The second-order valence-corrected chi connectivity index (χ2v) is 4.79.